The summed E-state index contributed by atoms with van der Waals surface area (Å²) in [4.78, 5) is 23.8. The van der Waals surface area contributed by atoms with Crippen LogP contribution in [0.1, 0.15) is 40.7 Å². The molecule has 0 radical (unpaired) electrons. The lowest BCUT2D eigenvalue weighted by Gasteiger charge is -2.21. The molecule has 10 nitrogen and oxygen atoms in total. The van der Waals surface area contributed by atoms with Crippen molar-refractivity contribution in [3.8, 4) is 28.6 Å². The molecular formula is C27H25N5O5. The lowest BCUT2D eigenvalue weighted by atomic mass is 10.1. The predicted octanol–water partition coefficient (Wildman–Crippen LogP) is 4.46. The zero-order valence-corrected chi connectivity index (χ0v) is 20.2. The van der Waals surface area contributed by atoms with Crippen molar-refractivity contribution in [3.63, 3.8) is 0 Å². The third kappa shape index (κ3) is 4.83. The van der Waals surface area contributed by atoms with Crippen LogP contribution in [0.4, 0.5) is 5.82 Å². The van der Waals surface area contributed by atoms with Crippen molar-refractivity contribution in [3.05, 3.63) is 77.8 Å². The van der Waals surface area contributed by atoms with Gasteiger partial charge in [-0.25, -0.2) is 4.98 Å². The second kappa shape index (κ2) is 9.90. The number of nitrogens with one attached hydrogen (secondary N) is 1. The number of anilines is 1. The van der Waals surface area contributed by atoms with Crippen molar-refractivity contribution < 1.29 is 23.5 Å². The van der Waals surface area contributed by atoms with Crippen LogP contribution in [0.3, 0.4) is 0 Å². The van der Waals surface area contributed by atoms with Gasteiger partial charge in [0.05, 0.1) is 13.2 Å². The fourth-order valence-electron chi connectivity index (χ4n) is 4.59. The molecule has 0 bridgehead atoms. The number of carbonyl (C=O) groups is 1. The van der Waals surface area contributed by atoms with Gasteiger partial charge in [-0.2, -0.15) is 4.98 Å². The number of benzene rings is 2. The maximum absolute atomic E-state index is 12.5. The van der Waals surface area contributed by atoms with E-state index in [1.807, 2.05) is 18.2 Å². The maximum atomic E-state index is 12.5. The van der Waals surface area contributed by atoms with Crippen LogP contribution in [0.5, 0.6) is 17.2 Å². The number of ether oxygens (including phenoxy) is 3. The van der Waals surface area contributed by atoms with Crippen molar-refractivity contribution >= 4 is 11.7 Å². The summed E-state index contributed by atoms with van der Waals surface area (Å²) in [5.74, 6) is 3.47. The topological polar surface area (TPSA) is 112 Å². The third-order valence-corrected chi connectivity index (χ3v) is 6.53. The first-order valence-corrected chi connectivity index (χ1v) is 12.0. The van der Waals surface area contributed by atoms with E-state index < -0.39 is 0 Å². The summed E-state index contributed by atoms with van der Waals surface area (Å²) in [5, 5.41) is 6.98. The number of pyridine rings is 1. The van der Waals surface area contributed by atoms with Crippen molar-refractivity contribution in [2.45, 2.75) is 25.4 Å². The predicted molar refractivity (Wildman–Crippen MR) is 133 cm³/mol. The van der Waals surface area contributed by atoms with Crippen LogP contribution in [-0.4, -0.2) is 46.4 Å². The van der Waals surface area contributed by atoms with Gasteiger partial charge in [0.15, 0.2) is 11.5 Å². The van der Waals surface area contributed by atoms with Crippen molar-refractivity contribution in [1.82, 2.24) is 20.0 Å². The second-order valence-electron chi connectivity index (χ2n) is 8.89. The average molecular weight is 500 g/mol. The standard InChI is InChI=1S/C27H25N5O5/c1-34-20-8-5-18(6-9-20)26(33)29-24-11-7-19(14-28-24)25-30-27(37-31-25)21-3-2-12-32(21)15-17-4-10-22-23(13-17)36-16-35-22/h4-11,13-14,21H,2-3,12,15-16H2,1H3,(H,28,29,33)/t21-/m0/s1. The van der Waals surface area contributed by atoms with Gasteiger partial charge in [-0.05, 0) is 73.5 Å². The Labute approximate surface area is 213 Å². The Morgan fingerprint density at radius 2 is 1.97 bits per heavy atom. The molecule has 2 aromatic heterocycles. The molecule has 2 aromatic carbocycles. The number of rotatable bonds is 7. The van der Waals surface area contributed by atoms with E-state index in [0.29, 0.717) is 34.4 Å². The molecule has 0 unspecified atom stereocenters. The Morgan fingerprint density at radius 1 is 1.11 bits per heavy atom. The number of methoxy groups -OCH3 is 1. The quantitative estimate of drug-likeness (QED) is 0.394. The fraction of sp³-hybridized carbons (Fsp3) is 0.259. The van der Waals surface area contributed by atoms with Crippen LogP contribution in [0.25, 0.3) is 11.4 Å². The number of hydrogen-bond donors (Lipinski definition) is 1. The summed E-state index contributed by atoms with van der Waals surface area (Å²) in [7, 11) is 1.58. The average Bonchev–Trinajstić information content (AvgIpc) is 3.70. The summed E-state index contributed by atoms with van der Waals surface area (Å²) < 4.78 is 21.7. The van der Waals surface area contributed by atoms with E-state index in [2.05, 4.69) is 31.4 Å². The molecule has 1 atom stereocenters. The lowest BCUT2D eigenvalue weighted by molar-refractivity contribution is 0.102. The summed E-state index contributed by atoms with van der Waals surface area (Å²) in [5.41, 5.74) is 2.36. The molecule has 0 spiro atoms. The zero-order valence-electron chi connectivity index (χ0n) is 20.2. The van der Waals surface area contributed by atoms with E-state index in [9.17, 15) is 4.79 Å². The highest BCUT2D eigenvalue weighted by Gasteiger charge is 2.31. The minimum Gasteiger partial charge on any atom is -0.497 e. The minimum absolute atomic E-state index is 0.0442. The van der Waals surface area contributed by atoms with E-state index in [0.717, 1.165) is 43.0 Å². The first-order chi connectivity index (χ1) is 18.2. The van der Waals surface area contributed by atoms with Gasteiger partial charge in [-0.1, -0.05) is 11.2 Å². The Morgan fingerprint density at radius 3 is 2.78 bits per heavy atom. The maximum Gasteiger partial charge on any atom is 0.256 e. The Hall–Kier alpha value is -4.44. The number of carbonyl (C=O) groups excluding carboxylic acids is 1. The van der Waals surface area contributed by atoms with Gasteiger partial charge in [0.2, 0.25) is 18.5 Å². The highest BCUT2D eigenvalue weighted by molar-refractivity contribution is 6.03. The molecule has 1 saturated heterocycles. The molecule has 1 N–H and O–H groups in total. The van der Waals surface area contributed by atoms with E-state index in [1.165, 1.54) is 0 Å². The smallest absolute Gasteiger partial charge is 0.256 e. The lowest BCUT2D eigenvalue weighted by Crippen LogP contribution is -2.23. The van der Waals surface area contributed by atoms with Gasteiger partial charge in [-0.3, -0.25) is 9.69 Å². The Bertz CT molecular complexity index is 1400. The molecule has 10 heteroatoms. The van der Waals surface area contributed by atoms with Gasteiger partial charge in [-0.15, -0.1) is 0 Å². The molecule has 37 heavy (non-hydrogen) atoms. The summed E-state index contributed by atoms with van der Waals surface area (Å²) >= 11 is 0. The first kappa shape index (κ1) is 23.0. The van der Waals surface area contributed by atoms with Crippen LogP contribution in [0.15, 0.2) is 65.3 Å². The van der Waals surface area contributed by atoms with Crippen molar-refractivity contribution in [1.29, 1.82) is 0 Å². The number of hydrogen-bond acceptors (Lipinski definition) is 9. The summed E-state index contributed by atoms with van der Waals surface area (Å²) in [6.07, 6.45) is 3.62. The summed E-state index contributed by atoms with van der Waals surface area (Å²) in [6, 6.07) is 16.5. The molecule has 4 heterocycles. The largest absolute Gasteiger partial charge is 0.497 e. The van der Waals surface area contributed by atoms with Crippen LogP contribution in [0.2, 0.25) is 0 Å². The van der Waals surface area contributed by atoms with Crippen molar-refractivity contribution in [2.75, 3.05) is 25.8 Å². The normalized spacial score (nSPS) is 16.6. The molecule has 1 fully saturated rings. The molecule has 2 aliphatic rings. The second-order valence-corrected chi connectivity index (χ2v) is 8.89. The molecular weight excluding hydrogens is 474 g/mol. The van der Waals surface area contributed by atoms with E-state index in [4.69, 9.17) is 18.7 Å². The van der Waals surface area contributed by atoms with Gasteiger partial charge in [0, 0.05) is 23.9 Å². The first-order valence-electron chi connectivity index (χ1n) is 12.0. The van der Waals surface area contributed by atoms with Crippen LogP contribution in [-0.2, 0) is 6.54 Å². The SMILES string of the molecule is COc1ccc(C(=O)Nc2ccc(-c3noc([C@@H]4CCCN4Cc4ccc5c(c4)OCO5)n3)cn2)cc1. The highest BCUT2D eigenvalue weighted by atomic mass is 16.7. The number of amides is 1. The van der Waals surface area contributed by atoms with Crippen LogP contribution >= 0.6 is 0 Å². The van der Waals surface area contributed by atoms with E-state index in [1.54, 1.807) is 43.6 Å². The van der Waals surface area contributed by atoms with Gasteiger partial charge in [0.25, 0.3) is 5.91 Å². The zero-order chi connectivity index (χ0) is 25.2. The molecule has 4 aromatic rings. The van der Waals surface area contributed by atoms with Gasteiger partial charge in [0.1, 0.15) is 11.6 Å². The Balaban J connectivity index is 1.11. The number of aromatic nitrogens is 3. The molecule has 1 amide bonds. The van der Waals surface area contributed by atoms with Crippen molar-refractivity contribution in [2.24, 2.45) is 0 Å². The number of likely N-dealkylation sites (tertiary alicyclic amines) is 1. The van der Waals surface area contributed by atoms with Gasteiger partial charge < -0.3 is 24.1 Å². The summed E-state index contributed by atoms with van der Waals surface area (Å²) in [6.45, 7) is 1.96. The van der Waals surface area contributed by atoms with E-state index in [-0.39, 0.29) is 18.7 Å². The Kier molecular flexibility index (Phi) is 6.15. The number of fused-ring (bicyclic) bond motifs is 1. The monoisotopic (exact) mass is 499 g/mol. The minimum atomic E-state index is -0.256. The van der Waals surface area contributed by atoms with Crippen LogP contribution < -0.4 is 19.5 Å². The van der Waals surface area contributed by atoms with E-state index >= 15 is 0 Å². The number of nitrogens with zero attached hydrogens (tertiary/aromatic N) is 4. The van der Waals surface area contributed by atoms with Crippen LogP contribution in [0, 0.1) is 0 Å². The van der Waals surface area contributed by atoms with Gasteiger partial charge >= 0.3 is 0 Å². The molecule has 6 rings (SSSR count). The fourth-order valence-corrected chi connectivity index (χ4v) is 4.59. The molecule has 2 aliphatic heterocycles. The molecule has 0 aliphatic carbocycles. The molecule has 188 valence electrons. The molecule has 0 saturated carbocycles. The highest BCUT2D eigenvalue weighted by Crippen LogP contribution is 2.36. The third-order valence-electron chi connectivity index (χ3n) is 6.53.